The Morgan fingerprint density at radius 1 is 1.11 bits per heavy atom. The molecule has 2 rings (SSSR count). The molecule has 3 heteroatoms. The number of rotatable bonds is 4. The number of piperidine rings is 1. The van der Waals surface area contributed by atoms with Crippen molar-refractivity contribution >= 4 is 0 Å². The summed E-state index contributed by atoms with van der Waals surface area (Å²) in [5.41, 5.74) is 0. The van der Waals surface area contributed by atoms with Crippen LogP contribution in [0.1, 0.15) is 61.2 Å². The standard InChI is InChI=1S/C9H19NO.C7H15N.H2/c1-8(2)7-10-5-3-9(11)4-6-10;1-6(2)8-7-4-3-5-7;/h8-9,11H,3-7H2,1-2H3;6-8H,3-5H2,1-2H3;1H. The summed E-state index contributed by atoms with van der Waals surface area (Å²) >= 11 is 0. The third kappa shape index (κ3) is 7.91. The zero-order valence-corrected chi connectivity index (χ0v) is 13.4. The molecule has 3 nitrogen and oxygen atoms in total. The van der Waals surface area contributed by atoms with Crippen LogP contribution < -0.4 is 5.32 Å². The first-order valence-corrected chi connectivity index (χ1v) is 8.13. The fourth-order valence-electron chi connectivity index (χ4n) is 2.66. The minimum absolute atomic E-state index is 0. The molecule has 1 saturated carbocycles. The summed E-state index contributed by atoms with van der Waals surface area (Å²) < 4.78 is 0. The van der Waals surface area contributed by atoms with Crippen molar-refractivity contribution in [3.8, 4) is 0 Å². The molecule has 0 aromatic carbocycles. The first kappa shape index (κ1) is 16.9. The Bertz CT molecular complexity index is 225. The topological polar surface area (TPSA) is 35.5 Å². The highest BCUT2D eigenvalue weighted by Crippen LogP contribution is 2.18. The van der Waals surface area contributed by atoms with Crippen LogP contribution in [-0.2, 0) is 0 Å². The molecular formula is C16H36N2O. The summed E-state index contributed by atoms with van der Waals surface area (Å²) in [6.07, 6.45) is 6.14. The minimum atomic E-state index is -0.0292. The second-order valence-electron chi connectivity index (χ2n) is 6.87. The Morgan fingerprint density at radius 2 is 1.68 bits per heavy atom. The normalized spacial score (nSPS) is 22.3. The molecule has 0 unspecified atom stereocenters. The van der Waals surface area contributed by atoms with Gasteiger partial charge in [-0.15, -0.1) is 0 Å². The largest absolute Gasteiger partial charge is 0.393 e. The van der Waals surface area contributed by atoms with Gasteiger partial charge < -0.3 is 15.3 Å². The fourth-order valence-corrected chi connectivity index (χ4v) is 2.66. The van der Waals surface area contributed by atoms with E-state index >= 15 is 0 Å². The Balaban J connectivity index is 0.000000359. The van der Waals surface area contributed by atoms with E-state index in [0.29, 0.717) is 6.04 Å². The number of hydrogen-bond donors (Lipinski definition) is 2. The lowest BCUT2D eigenvalue weighted by Gasteiger charge is -2.30. The van der Waals surface area contributed by atoms with Crippen molar-refractivity contribution in [2.75, 3.05) is 19.6 Å². The fraction of sp³-hybridized carbons (Fsp3) is 1.00. The van der Waals surface area contributed by atoms with Crippen molar-refractivity contribution < 1.29 is 6.53 Å². The van der Waals surface area contributed by atoms with Crippen molar-refractivity contribution in [3.63, 3.8) is 0 Å². The van der Waals surface area contributed by atoms with E-state index in [-0.39, 0.29) is 7.53 Å². The highest BCUT2D eigenvalue weighted by atomic mass is 16.3. The maximum Gasteiger partial charge on any atom is 0.0564 e. The van der Waals surface area contributed by atoms with Gasteiger partial charge in [-0.2, -0.15) is 0 Å². The smallest absolute Gasteiger partial charge is 0.0564 e. The zero-order valence-electron chi connectivity index (χ0n) is 13.4. The van der Waals surface area contributed by atoms with Gasteiger partial charge in [0.1, 0.15) is 0 Å². The number of hydrogen-bond acceptors (Lipinski definition) is 3. The van der Waals surface area contributed by atoms with E-state index < -0.39 is 0 Å². The van der Waals surface area contributed by atoms with Gasteiger partial charge in [-0.05, 0) is 31.6 Å². The van der Waals surface area contributed by atoms with Gasteiger partial charge >= 0.3 is 0 Å². The molecule has 1 heterocycles. The first-order chi connectivity index (χ1) is 8.97. The molecule has 2 aliphatic rings. The van der Waals surface area contributed by atoms with Gasteiger partial charge in [0.2, 0.25) is 0 Å². The van der Waals surface area contributed by atoms with E-state index in [4.69, 9.17) is 0 Å². The van der Waals surface area contributed by atoms with Crippen LogP contribution >= 0.6 is 0 Å². The molecule has 19 heavy (non-hydrogen) atoms. The van der Waals surface area contributed by atoms with E-state index in [0.717, 1.165) is 37.9 Å². The predicted octanol–water partition coefficient (Wildman–Crippen LogP) is 2.88. The van der Waals surface area contributed by atoms with Crippen LogP contribution in [0.5, 0.6) is 0 Å². The third-order valence-corrected chi connectivity index (χ3v) is 3.85. The Kier molecular flexibility index (Phi) is 7.96. The summed E-state index contributed by atoms with van der Waals surface area (Å²) in [5, 5.41) is 12.7. The number of aliphatic hydroxyl groups is 1. The minimum Gasteiger partial charge on any atom is -0.393 e. The molecule has 116 valence electrons. The van der Waals surface area contributed by atoms with Gasteiger partial charge in [0, 0.05) is 33.1 Å². The molecule has 0 aromatic heterocycles. The lowest BCUT2D eigenvalue weighted by atomic mass is 9.93. The maximum absolute atomic E-state index is 9.23. The second-order valence-corrected chi connectivity index (χ2v) is 6.87. The molecule has 1 aliphatic heterocycles. The monoisotopic (exact) mass is 272 g/mol. The van der Waals surface area contributed by atoms with Crippen LogP contribution in [-0.4, -0.2) is 47.8 Å². The quantitative estimate of drug-likeness (QED) is 0.826. The van der Waals surface area contributed by atoms with E-state index in [2.05, 4.69) is 37.9 Å². The number of nitrogens with one attached hydrogen (secondary N) is 1. The second kappa shape index (κ2) is 8.93. The molecule has 1 aliphatic carbocycles. The van der Waals surface area contributed by atoms with Crippen molar-refractivity contribution in [2.24, 2.45) is 5.92 Å². The summed E-state index contributed by atoms with van der Waals surface area (Å²) in [7, 11) is 0. The average molecular weight is 272 g/mol. The number of likely N-dealkylation sites (tertiary alicyclic amines) is 1. The van der Waals surface area contributed by atoms with Crippen LogP contribution in [0.2, 0.25) is 0 Å². The molecule has 0 spiro atoms. The lowest BCUT2D eigenvalue weighted by Crippen LogP contribution is -2.39. The van der Waals surface area contributed by atoms with Crippen molar-refractivity contribution in [3.05, 3.63) is 0 Å². The molecular weight excluding hydrogens is 236 g/mol. The van der Waals surface area contributed by atoms with E-state index in [1.54, 1.807) is 0 Å². The molecule has 0 aromatic rings. The van der Waals surface area contributed by atoms with Gasteiger partial charge in [-0.3, -0.25) is 0 Å². The van der Waals surface area contributed by atoms with E-state index in [1.165, 1.54) is 25.8 Å². The Morgan fingerprint density at radius 3 is 2.00 bits per heavy atom. The van der Waals surface area contributed by atoms with Crippen LogP contribution in [0.25, 0.3) is 0 Å². The van der Waals surface area contributed by atoms with Crippen LogP contribution in [0.3, 0.4) is 0 Å². The predicted molar refractivity (Wildman–Crippen MR) is 84.5 cm³/mol. The summed E-state index contributed by atoms with van der Waals surface area (Å²) in [6.45, 7) is 12.2. The number of aliphatic hydroxyl groups excluding tert-OH is 1. The summed E-state index contributed by atoms with van der Waals surface area (Å²) in [4.78, 5) is 2.44. The Hall–Kier alpha value is -0.120. The maximum atomic E-state index is 9.23. The lowest BCUT2D eigenvalue weighted by molar-refractivity contribution is 0.0772. The molecule has 1 saturated heterocycles. The van der Waals surface area contributed by atoms with E-state index in [1.807, 2.05) is 0 Å². The van der Waals surface area contributed by atoms with Gasteiger partial charge in [-0.25, -0.2) is 0 Å². The molecule has 0 atom stereocenters. The van der Waals surface area contributed by atoms with Gasteiger partial charge in [0.15, 0.2) is 0 Å². The molecule has 0 radical (unpaired) electrons. The highest BCUT2D eigenvalue weighted by molar-refractivity contribution is 4.77. The SMILES string of the molecule is CC(C)CN1CCC(O)CC1.CC(C)NC1CCC1.[HH]. The van der Waals surface area contributed by atoms with Crippen molar-refractivity contribution in [1.29, 1.82) is 0 Å². The molecule has 0 amide bonds. The van der Waals surface area contributed by atoms with Gasteiger partial charge in [0.05, 0.1) is 6.10 Å². The van der Waals surface area contributed by atoms with Gasteiger partial charge in [-0.1, -0.05) is 34.1 Å². The molecule has 0 bridgehead atoms. The van der Waals surface area contributed by atoms with Crippen LogP contribution in [0.4, 0.5) is 0 Å². The van der Waals surface area contributed by atoms with Crippen LogP contribution in [0, 0.1) is 5.92 Å². The molecule has 2 fully saturated rings. The average Bonchev–Trinajstić information content (AvgIpc) is 2.27. The zero-order chi connectivity index (χ0) is 14.3. The van der Waals surface area contributed by atoms with Crippen molar-refractivity contribution in [1.82, 2.24) is 10.2 Å². The Labute approximate surface area is 121 Å². The van der Waals surface area contributed by atoms with Crippen molar-refractivity contribution in [2.45, 2.75) is 78.0 Å². The third-order valence-electron chi connectivity index (χ3n) is 3.85. The van der Waals surface area contributed by atoms with Gasteiger partial charge in [0.25, 0.3) is 0 Å². The van der Waals surface area contributed by atoms with Crippen LogP contribution in [0.15, 0.2) is 0 Å². The molecule has 2 N–H and O–H groups in total. The van der Waals surface area contributed by atoms with E-state index in [9.17, 15) is 5.11 Å². The summed E-state index contributed by atoms with van der Waals surface area (Å²) in [5.74, 6) is 0.755. The number of nitrogens with zero attached hydrogens (tertiary/aromatic N) is 1. The first-order valence-electron chi connectivity index (χ1n) is 8.13. The summed E-state index contributed by atoms with van der Waals surface area (Å²) in [6, 6.07) is 1.54. The highest BCUT2D eigenvalue weighted by Gasteiger charge is 2.17.